The van der Waals surface area contributed by atoms with Gasteiger partial charge in [-0.15, -0.1) is 0 Å². The number of ether oxygens (including phenoxy) is 2. The molecule has 1 aliphatic carbocycles. The molecule has 0 saturated heterocycles. The number of carbonyl (C=O) groups is 3. The van der Waals surface area contributed by atoms with Gasteiger partial charge in [0, 0.05) is 11.6 Å². The van der Waals surface area contributed by atoms with E-state index in [0.29, 0.717) is 0 Å². The molecular weight excluding hydrogens is 539 g/mol. The SMILES string of the molecule is C[C@H](OCc1ccccc1)[C@@H](NC(=O)OCC1c2ccccc2-c2ccccc21)C(=O)Nc1ccc(F)c(C(=O)O)c1. The van der Waals surface area contributed by atoms with E-state index in [1.807, 2.05) is 78.9 Å². The summed E-state index contributed by atoms with van der Waals surface area (Å²) in [6, 6.07) is 27.2. The summed E-state index contributed by atoms with van der Waals surface area (Å²) in [5.41, 5.74) is 4.59. The lowest BCUT2D eigenvalue weighted by molar-refractivity contribution is -0.121. The van der Waals surface area contributed by atoms with E-state index >= 15 is 0 Å². The highest BCUT2D eigenvalue weighted by atomic mass is 19.1. The number of carboxylic acid groups (broad SMARTS) is 1. The van der Waals surface area contributed by atoms with Crippen LogP contribution < -0.4 is 10.6 Å². The van der Waals surface area contributed by atoms with E-state index in [1.165, 1.54) is 6.07 Å². The third kappa shape index (κ3) is 6.31. The van der Waals surface area contributed by atoms with Crippen molar-refractivity contribution < 1.29 is 33.4 Å². The maximum atomic E-state index is 13.9. The van der Waals surface area contributed by atoms with E-state index in [0.717, 1.165) is 39.9 Å². The molecular formula is C33H29FN2O6. The zero-order chi connectivity index (χ0) is 29.6. The van der Waals surface area contributed by atoms with Gasteiger partial charge in [-0.05, 0) is 52.9 Å². The molecule has 0 spiro atoms. The van der Waals surface area contributed by atoms with Crippen LogP contribution in [0.2, 0.25) is 0 Å². The summed E-state index contributed by atoms with van der Waals surface area (Å²) in [5.74, 6) is -3.27. The number of aromatic carboxylic acids is 1. The molecule has 0 bridgehead atoms. The topological polar surface area (TPSA) is 114 Å². The normalized spacial score (nSPS) is 13.4. The van der Waals surface area contributed by atoms with Crippen molar-refractivity contribution in [1.82, 2.24) is 5.32 Å². The Hall–Kier alpha value is -5.02. The van der Waals surface area contributed by atoms with Crippen molar-refractivity contribution in [2.24, 2.45) is 0 Å². The number of hydrogen-bond donors (Lipinski definition) is 3. The van der Waals surface area contributed by atoms with Crippen LogP contribution in [0, 0.1) is 5.82 Å². The van der Waals surface area contributed by atoms with E-state index in [1.54, 1.807) is 6.92 Å². The molecule has 8 nitrogen and oxygen atoms in total. The predicted octanol–water partition coefficient (Wildman–Crippen LogP) is 5.98. The van der Waals surface area contributed by atoms with Crippen molar-refractivity contribution in [3.63, 3.8) is 0 Å². The summed E-state index contributed by atoms with van der Waals surface area (Å²) in [6.45, 7) is 1.86. The molecule has 4 aromatic rings. The second kappa shape index (κ2) is 12.7. The van der Waals surface area contributed by atoms with Crippen LogP contribution in [0.25, 0.3) is 11.1 Å². The number of rotatable bonds is 10. The monoisotopic (exact) mass is 568 g/mol. The van der Waals surface area contributed by atoms with Gasteiger partial charge in [0.1, 0.15) is 18.5 Å². The minimum absolute atomic E-state index is 0.0490. The number of nitrogens with one attached hydrogen (secondary N) is 2. The molecule has 0 unspecified atom stereocenters. The van der Waals surface area contributed by atoms with Gasteiger partial charge >= 0.3 is 12.1 Å². The average molecular weight is 569 g/mol. The standard InChI is InChI=1S/C33H29FN2O6/c1-20(41-18-21-9-3-2-4-10-21)30(31(37)35-22-15-16-29(34)27(17-22)32(38)39)36-33(40)42-19-28-25-13-7-5-11-23(25)24-12-6-8-14-26(24)28/h2-17,20,28,30H,18-19H2,1H3,(H,35,37)(H,36,40)(H,38,39)/t20-,30+/m0/s1. The van der Waals surface area contributed by atoms with E-state index in [4.69, 9.17) is 9.47 Å². The zero-order valence-corrected chi connectivity index (χ0v) is 22.8. The number of amides is 2. The lowest BCUT2D eigenvalue weighted by Gasteiger charge is -2.25. The molecule has 9 heteroatoms. The van der Waals surface area contributed by atoms with Crippen molar-refractivity contribution >= 4 is 23.7 Å². The Morgan fingerprint density at radius 1 is 0.881 bits per heavy atom. The Morgan fingerprint density at radius 3 is 2.14 bits per heavy atom. The molecule has 0 heterocycles. The van der Waals surface area contributed by atoms with Gasteiger partial charge in [0.05, 0.1) is 18.3 Å². The molecule has 0 aromatic heterocycles. The molecule has 42 heavy (non-hydrogen) atoms. The maximum Gasteiger partial charge on any atom is 0.407 e. The lowest BCUT2D eigenvalue weighted by Crippen LogP contribution is -2.51. The summed E-state index contributed by atoms with van der Waals surface area (Å²) < 4.78 is 25.4. The third-order valence-corrected chi connectivity index (χ3v) is 7.19. The molecule has 4 aromatic carbocycles. The summed E-state index contributed by atoms with van der Waals surface area (Å²) >= 11 is 0. The smallest absolute Gasteiger partial charge is 0.407 e. The lowest BCUT2D eigenvalue weighted by atomic mass is 9.98. The van der Waals surface area contributed by atoms with Gasteiger partial charge in [-0.1, -0.05) is 78.9 Å². The summed E-state index contributed by atoms with van der Waals surface area (Å²) in [7, 11) is 0. The van der Waals surface area contributed by atoms with Crippen LogP contribution in [0.5, 0.6) is 0 Å². The fourth-order valence-corrected chi connectivity index (χ4v) is 5.05. The Balaban J connectivity index is 1.30. The van der Waals surface area contributed by atoms with Crippen LogP contribution >= 0.6 is 0 Å². The number of carbonyl (C=O) groups excluding carboxylic acids is 2. The molecule has 0 aliphatic heterocycles. The third-order valence-electron chi connectivity index (χ3n) is 7.19. The highest BCUT2D eigenvalue weighted by Gasteiger charge is 2.32. The van der Waals surface area contributed by atoms with Crippen molar-refractivity contribution in [2.45, 2.75) is 31.6 Å². The number of alkyl carbamates (subject to hydrolysis) is 1. The van der Waals surface area contributed by atoms with Crippen molar-refractivity contribution in [3.8, 4) is 11.1 Å². The van der Waals surface area contributed by atoms with Crippen molar-refractivity contribution in [3.05, 3.63) is 125 Å². The Labute approximate surface area is 242 Å². The van der Waals surface area contributed by atoms with Crippen LogP contribution in [0.15, 0.2) is 97.1 Å². The number of hydrogen-bond acceptors (Lipinski definition) is 5. The van der Waals surface area contributed by atoms with Crippen molar-refractivity contribution in [2.75, 3.05) is 11.9 Å². The molecule has 2 amide bonds. The van der Waals surface area contributed by atoms with Gasteiger partial charge in [0.25, 0.3) is 0 Å². The number of benzene rings is 4. The summed E-state index contributed by atoms with van der Waals surface area (Å²) in [5, 5.41) is 14.4. The van der Waals surface area contributed by atoms with E-state index in [9.17, 15) is 23.9 Å². The highest BCUT2D eigenvalue weighted by Crippen LogP contribution is 2.44. The fraction of sp³-hybridized carbons (Fsp3) is 0.182. The minimum atomic E-state index is -1.48. The molecule has 0 radical (unpaired) electrons. The van der Waals surface area contributed by atoms with E-state index < -0.39 is 41.5 Å². The van der Waals surface area contributed by atoms with Gasteiger partial charge in [-0.25, -0.2) is 14.0 Å². The molecule has 1 aliphatic rings. The first kappa shape index (κ1) is 28.5. The van der Waals surface area contributed by atoms with Gasteiger partial charge < -0.3 is 25.2 Å². The number of halogens is 1. The van der Waals surface area contributed by atoms with Gasteiger partial charge in [0.15, 0.2) is 0 Å². The van der Waals surface area contributed by atoms with Crippen LogP contribution in [-0.4, -0.2) is 41.8 Å². The van der Waals surface area contributed by atoms with Crippen molar-refractivity contribution in [1.29, 1.82) is 0 Å². The Morgan fingerprint density at radius 2 is 1.50 bits per heavy atom. The van der Waals surface area contributed by atoms with Gasteiger partial charge in [-0.3, -0.25) is 4.79 Å². The first-order chi connectivity index (χ1) is 20.3. The number of fused-ring (bicyclic) bond motifs is 3. The summed E-state index contributed by atoms with van der Waals surface area (Å²) in [4.78, 5) is 37.8. The molecule has 3 N–H and O–H groups in total. The van der Waals surface area contributed by atoms with Crippen LogP contribution in [0.1, 0.15) is 39.9 Å². The zero-order valence-electron chi connectivity index (χ0n) is 22.8. The van der Waals surface area contributed by atoms with Crippen LogP contribution in [-0.2, 0) is 20.9 Å². The molecule has 5 rings (SSSR count). The molecule has 214 valence electrons. The predicted molar refractivity (Wildman–Crippen MR) is 155 cm³/mol. The van der Waals surface area contributed by atoms with Crippen LogP contribution in [0.4, 0.5) is 14.9 Å². The largest absolute Gasteiger partial charge is 0.478 e. The first-order valence-electron chi connectivity index (χ1n) is 13.4. The Kier molecular flexibility index (Phi) is 8.59. The Bertz CT molecular complexity index is 1560. The molecule has 2 atom stereocenters. The van der Waals surface area contributed by atoms with Gasteiger partial charge in [-0.2, -0.15) is 0 Å². The van der Waals surface area contributed by atoms with E-state index in [-0.39, 0.29) is 24.8 Å². The highest BCUT2D eigenvalue weighted by molar-refractivity contribution is 5.98. The quantitative estimate of drug-likeness (QED) is 0.217. The summed E-state index contributed by atoms with van der Waals surface area (Å²) in [6.07, 6.45) is -1.64. The second-order valence-electron chi connectivity index (χ2n) is 9.94. The number of anilines is 1. The second-order valence-corrected chi connectivity index (χ2v) is 9.94. The molecule has 0 saturated carbocycles. The van der Waals surface area contributed by atoms with Gasteiger partial charge in [0.2, 0.25) is 5.91 Å². The maximum absolute atomic E-state index is 13.9. The van der Waals surface area contributed by atoms with Crippen LogP contribution in [0.3, 0.4) is 0 Å². The minimum Gasteiger partial charge on any atom is -0.478 e. The fourth-order valence-electron chi connectivity index (χ4n) is 5.05. The molecule has 0 fully saturated rings. The first-order valence-corrected chi connectivity index (χ1v) is 13.4. The number of carboxylic acids is 1. The average Bonchev–Trinajstić information content (AvgIpc) is 3.32. The van der Waals surface area contributed by atoms with E-state index in [2.05, 4.69) is 10.6 Å².